The van der Waals surface area contributed by atoms with Crippen molar-refractivity contribution < 1.29 is 4.74 Å². The average Bonchev–Trinajstić information content (AvgIpc) is 1.90. The van der Waals surface area contributed by atoms with Gasteiger partial charge in [0.2, 0.25) is 0 Å². The molecule has 0 aromatic carbocycles. The fraction of sp³-hybridized carbons (Fsp3) is 1.00. The molecule has 0 unspecified atom stereocenters. The van der Waals surface area contributed by atoms with Gasteiger partial charge in [-0.3, -0.25) is 4.90 Å². The molecule has 0 radical (unpaired) electrons. The Morgan fingerprint density at radius 1 is 1.09 bits per heavy atom. The first-order valence-electron chi connectivity index (χ1n) is 4.36. The highest BCUT2D eigenvalue weighted by atomic mass is 16.5. The molecule has 3 nitrogen and oxygen atoms in total. The van der Waals surface area contributed by atoms with Crippen molar-refractivity contribution in [2.24, 2.45) is 0 Å². The van der Waals surface area contributed by atoms with E-state index in [1.54, 1.807) is 0 Å². The summed E-state index contributed by atoms with van der Waals surface area (Å²) in [7, 11) is 2.19. The Morgan fingerprint density at radius 3 is 2.18 bits per heavy atom. The van der Waals surface area contributed by atoms with Crippen LogP contribution in [0, 0.1) is 0 Å². The molecule has 2 aliphatic heterocycles. The molecule has 0 aliphatic carbocycles. The molecular weight excluding hydrogens is 140 g/mol. The lowest BCUT2D eigenvalue weighted by atomic mass is 10.2. The fourth-order valence-corrected chi connectivity index (χ4v) is 1.62. The molecule has 0 aromatic rings. The van der Waals surface area contributed by atoms with E-state index in [2.05, 4.69) is 16.8 Å². The Balaban J connectivity index is 1.77. The van der Waals surface area contributed by atoms with Crippen molar-refractivity contribution in [3.05, 3.63) is 0 Å². The van der Waals surface area contributed by atoms with E-state index in [1.807, 2.05) is 0 Å². The zero-order valence-corrected chi connectivity index (χ0v) is 7.12. The molecule has 64 valence electrons. The van der Waals surface area contributed by atoms with Crippen LogP contribution in [0.1, 0.15) is 0 Å². The van der Waals surface area contributed by atoms with Crippen molar-refractivity contribution in [3.63, 3.8) is 0 Å². The molecule has 2 saturated heterocycles. The third kappa shape index (κ3) is 1.55. The zero-order chi connectivity index (χ0) is 7.68. The summed E-state index contributed by atoms with van der Waals surface area (Å²) < 4.78 is 5.16. The van der Waals surface area contributed by atoms with Gasteiger partial charge < -0.3 is 9.64 Å². The number of hydrogen-bond donors (Lipinski definition) is 0. The first-order valence-corrected chi connectivity index (χ1v) is 4.36. The van der Waals surface area contributed by atoms with E-state index >= 15 is 0 Å². The molecule has 0 amide bonds. The predicted octanol–water partition coefficient (Wildman–Crippen LogP) is -0.367. The van der Waals surface area contributed by atoms with Gasteiger partial charge in [-0.1, -0.05) is 0 Å². The van der Waals surface area contributed by atoms with Crippen LogP contribution in [-0.2, 0) is 4.74 Å². The second-order valence-electron chi connectivity index (χ2n) is 3.53. The van der Waals surface area contributed by atoms with E-state index in [0.717, 1.165) is 19.3 Å². The Hall–Kier alpha value is -0.120. The first-order chi connectivity index (χ1) is 5.36. The molecule has 2 aliphatic rings. The van der Waals surface area contributed by atoms with Gasteiger partial charge in [0, 0.05) is 26.2 Å². The highest BCUT2D eigenvalue weighted by Gasteiger charge is 2.27. The molecule has 11 heavy (non-hydrogen) atoms. The molecule has 2 fully saturated rings. The number of piperazine rings is 1. The summed E-state index contributed by atoms with van der Waals surface area (Å²) in [4.78, 5) is 4.93. The summed E-state index contributed by atoms with van der Waals surface area (Å²) in [5, 5.41) is 0. The quantitative estimate of drug-likeness (QED) is 0.515. The molecule has 0 N–H and O–H groups in total. The smallest absolute Gasteiger partial charge is 0.0645 e. The summed E-state index contributed by atoms with van der Waals surface area (Å²) in [6.07, 6.45) is 0. The van der Waals surface area contributed by atoms with Crippen LogP contribution in [-0.4, -0.2) is 62.3 Å². The van der Waals surface area contributed by atoms with Crippen molar-refractivity contribution >= 4 is 0 Å². The topological polar surface area (TPSA) is 15.7 Å². The molecule has 0 aromatic heterocycles. The maximum Gasteiger partial charge on any atom is 0.0645 e. The summed E-state index contributed by atoms with van der Waals surface area (Å²) in [5.41, 5.74) is 0. The van der Waals surface area contributed by atoms with Crippen LogP contribution < -0.4 is 0 Å². The normalized spacial score (nSPS) is 30.3. The number of ether oxygens (including phenoxy) is 1. The largest absolute Gasteiger partial charge is 0.378 e. The van der Waals surface area contributed by atoms with Gasteiger partial charge in [0.15, 0.2) is 0 Å². The molecule has 0 bridgehead atoms. The summed E-state index contributed by atoms with van der Waals surface area (Å²) >= 11 is 0. The van der Waals surface area contributed by atoms with E-state index < -0.39 is 0 Å². The number of nitrogens with zero attached hydrogens (tertiary/aromatic N) is 2. The van der Waals surface area contributed by atoms with Gasteiger partial charge in [-0.25, -0.2) is 0 Å². The van der Waals surface area contributed by atoms with Gasteiger partial charge in [0.05, 0.1) is 19.3 Å². The van der Waals surface area contributed by atoms with Gasteiger partial charge in [0.25, 0.3) is 0 Å². The van der Waals surface area contributed by atoms with Gasteiger partial charge in [-0.05, 0) is 7.05 Å². The van der Waals surface area contributed by atoms with Crippen molar-refractivity contribution in [2.45, 2.75) is 6.04 Å². The van der Waals surface area contributed by atoms with Crippen LogP contribution in [0.25, 0.3) is 0 Å². The Kier molecular flexibility index (Phi) is 2.11. The molecule has 0 spiro atoms. The van der Waals surface area contributed by atoms with Crippen molar-refractivity contribution in [1.82, 2.24) is 9.80 Å². The van der Waals surface area contributed by atoms with E-state index in [0.29, 0.717) is 0 Å². The number of hydrogen-bond acceptors (Lipinski definition) is 3. The van der Waals surface area contributed by atoms with Crippen LogP contribution in [0.4, 0.5) is 0 Å². The highest BCUT2D eigenvalue weighted by molar-refractivity contribution is 4.81. The molecule has 3 heteroatoms. The van der Waals surface area contributed by atoms with E-state index in [9.17, 15) is 0 Å². The Labute approximate surface area is 67.9 Å². The SMILES string of the molecule is CN1CCN(C2COC2)CC1. The summed E-state index contributed by atoms with van der Waals surface area (Å²) in [5.74, 6) is 0. The molecular formula is C8H16N2O. The van der Waals surface area contributed by atoms with Gasteiger partial charge in [-0.15, -0.1) is 0 Å². The van der Waals surface area contributed by atoms with Gasteiger partial charge in [0.1, 0.15) is 0 Å². The van der Waals surface area contributed by atoms with E-state index in [1.165, 1.54) is 26.2 Å². The lowest BCUT2D eigenvalue weighted by Gasteiger charge is -2.41. The monoisotopic (exact) mass is 156 g/mol. The predicted molar refractivity (Wildman–Crippen MR) is 43.7 cm³/mol. The zero-order valence-electron chi connectivity index (χ0n) is 7.12. The molecule has 2 heterocycles. The fourth-order valence-electron chi connectivity index (χ4n) is 1.62. The van der Waals surface area contributed by atoms with Crippen LogP contribution in [0.5, 0.6) is 0 Å². The third-order valence-electron chi connectivity index (χ3n) is 2.67. The standard InChI is InChI=1S/C8H16N2O/c1-9-2-4-10(5-3-9)8-6-11-7-8/h8H,2-7H2,1H3. The minimum absolute atomic E-state index is 0.740. The van der Waals surface area contributed by atoms with Crippen molar-refractivity contribution in [2.75, 3.05) is 46.4 Å². The molecule has 2 rings (SSSR count). The van der Waals surface area contributed by atoms with Crippen LogP contribution in [0.3, 0.4) is 0 Å². The van der Waals surface area contributed by atoms with Crippen LogP contribution in [0.2, 0.25) is 0 Å². The lowest BCUT2D eigenvalue weighted by molar-refractivity contribution is -0.0752. The molecule has 0 atom stereocenters. The minimum atomic E-state index is 0.740. The van der Waals surface area contributed by atoms with E-state index in [4.69, 9.17) is 4.74 Å². The van der Waals surface area contributed by atoms with Gasteiger partial charge in [-0.2, -0.15) is 0 Å². The third-order valence-corrected chi connectivity index (χ3v) is 2.67. The van der Waals surface area contributed by atoms with Gasteiger partial charge >= 0.3 is 0 Å². The second kappa shape index (κ2) is 3.09. The number of rotatable bonds is 1. The first kappa shape index (κ1) is 7.53. The minimum Gasteiger partial charge on any atom is -0.378 e. The maximum atomic E-state index is 5.16. The van der Waals surface area contributed by atoms with Crippen molar-refractivity contribution in [3.8, 4) is 0 Å². The Bertz CT molecular complexity index is 128. The van der Waals surface area contributed by atoms with E-state index in [-0.39, 0.29) is 0 Å². The summed E-state index contributed by atoms with van der Waals surface area (Å²) in [6.45, 7) is 6.81. The summed E-state index contributed by atoms with van der Waals surface area (Å²) in [6, 6.07) is 0.740. The Morgan fingerprint density at radius 2 is 1.73 bits per heavy atom. The van der Waals surface area contributed by atoms with Crippen LogP contribution in [0.15, 0.2) is 0 Å². The molecule has 0 saturated carbocycles. The lowest BCUT2D eigenvalue weighted by Crippen LogP contribution is -2.55. The van der Waals surface area contributed by atoms with Crippen molar-refractivity contribution in [1.29, 1.82) is 0 Å². The highest BCUT2D eigenvalue weighted by Crippen LogP contribution is 2.12. The number of likely N-dealkylation sites (N-methyl/N-ethyl adjacent to an activating group) is 1. The maximum absolute atomic E-state index is 5.16. The van der Waals surface area contributed by atoms with Crippen LogP contribution >= 0.6 is 0 Å². The average molecular weight is 156 g/mol. The second-order valence-corrected chi connectivity index (χ2v) is 3.53.